The minimum absolute atomic E-state index is 0.173. The van der Waals surface area contributed by atoms with E-state index in [2.05, 4.69) is 44.2 Å². The van der Waals surface area contributed by atoms with Gasteiger partial charge in [-0.05, 0) is 79.6 Å². The summed E-state index contributed by atoms with van der Waals surface area (Å²) in [4.78, 5) is 45.0. The summed E-state index contributed by atoms with van der Waals surface area (Å²) in [5.41, 5.74) is 4.30. The molecule has 4 aromatic rings. The number of aryl methyl sites for hydroxylation is 1. The molecule has 0 atom stereocenters. The van der Waals surface area contributed by atoms with Gasteiger partial charge >= 0.3 is 0 Å². The van der Waals surface area contributed by atoms with E-state index in [9.17, 15) is 9.59 Å². The molecule has 10 heteroatoms. The third-order valence-corrected chi connectivity index (χ3v) is 7.54. The molecule has 1 amide bonds. The molecule has 2 N–H and O–H groups in total. The lowest BCUT2D eigenvalue weighted by atomic mass is 9.86. The number of hydrogen-bond acceptors (Lipinski definition) is 8. The van der Waals surface area contributed by atoms with E-state index >= 15 is 0 Å². The molecule has 0 aliphatic carbocycles. The van der Waals surface area contributed by atoms with Gasteiger partial charge in [-0.15, -0.1) is 0 Å². The number of aromatic nitrogens is 4. The van der Waals surface area contributed by atoms with E-state index in [1.807, 2.05) is 18.2 Å². The molecule has 1 aromatic carbocycles. The smallest absolute Gasteiger partial charge is 0.259 e. The molecule has 1 aliphatic rings. The van der Waals surface area contributed by atoms with E-state index in [-0.39, 0.29) is 11.5 Å². The molecule has 3 aromatic heterocycles. The lowest BCUT2D eigenvalue weighted by Crippen LogP contribution is -2.36. The van der Waals surface area contributed by atoms with Gasteiger partial charge in [0.25, 0.3) is 5.56 Å². The molecule has 4 heterocycles. The zero-order chi connectivity index (χ0) is 28.2. The summed E-state index contributed by atoms with van der Waals surface area (Å²) in [7, 11) is 5.15. The first-order chi connectivity index (χ1) is 19.3. The monoisotopic (exact) mass is 541 g/mol. The van der Waals surface area contributed by atoms with Crippen molar-refractivity contribution in [1.29, 1.82) is 0 Å². The number of carbonyl (C=O) groups is 1. The predicted molar refractivity (Wildman–Crippen MR) is 156 cm³/mol. The highest BCUT2D eigenvalue weighted by molar-refractivity contribution is 5.94. The SMILES string of the molecule is COc1cncc(-c2cc3cc[nH]c(=O)c3c(Nc3ccc(C4CCN(CCC(=O)N(C)C)CC4)c(C)c3)n2)n1. The van der Waals surface area contributed by atoms with Crippen molar-refractivity contribution < 1.29 is 9.53 Å². The molecular formula is C30H35N7O3. The van der Waals surface area contributed by atoms with Crippen LogP contribution in [0.4, 0.5) is 11.5 Å². The number of aromatic amines is 1. The number of hydrogen-bond donors (Lipinski definition) is 2. The first-order valence-electron chi connectivity index (χ1n) is 13.5. The normalized spacial score (nSPS) is 14.3. The van der Waals surface area contributed by atoms with Crippen molar-refractivity contribution in [2.45, 2.75) is 32.1 Å². The summed E-state index contributed by atoms with van der Waals surface area (Å²) in [6, 6.07) is 10.0. The average Bonchev–Trinajstić information content (AvgIpc) is 2.96. The van der Waals surface area contributed by atoms with Crippen LogP contribution >= 0.6 is 0 Å². The van der Waals surface area contributed by atoms with Crippen LogP contribution < -0.4 is 15.6 Å². The van der Waals surface area contributed by atoms with E-state index in [1.54, 1.807) is 31.4 Å². The standard InChI is InChI=1S/C30H35N7O3/c1-19-15-22(5-6-23(19)20-8-12-37(13-9-20)14-10-27(38)36(2)3)33-29-28-21(7-11-32-30(28)39)16-24(35-29)25-17-31-18-26(34-25)40-4/h5-7,11,15-18,20H,8-10,12-14H2,1-4H3,(H,32,39)(H,33,35). The number of rotatable bonds is 8. The van der Waals surface area contributed by atoms with Crippen molar-refractivity contribution in [2.24, 2.45) is 0 Å². The second-order valence-electron chi connectivity index (χ2n) is 10.4. The molecule has 0 unspecified atom stereocenters. The van der Waals surface area contributed by atoms with Gasteiger partial charge in [0.15, 0.2) is 0 Å². The number of anilines is 2. The van der Waals surface area contributed by atoms with Gasteiger partial charge in [-0.1, -0.05) is 6.07 Å². The van der Waals surface area contributed by atoms with Crippen molar-refractivity contribution in [3.8, 4) is 17.3 Å². The van der Waals surface area contributed by atoms with Crippen LogP contribution in [0.5, 0.6) is 5.88 Å². The fourth-order valence-corrected chi connectivity index (χ4v) is 5.30. The highest BCUT2D eigenvalue weighted by Crippen LogP contribution is 2.33. The number of carbonyl (C=O) groups excluding carboxylic acids is 1. The number of amides is 1. The molecule has 5 rings (SSSR count). The summed E-state index contributed by atoms with van der Waals surface area (Å²) in [5, 5.41) is 4.61. The van der Waals surface area contributed by atoms with Crippen LogP contribution in [0.1, 0.15) is 36.3 Å². The highest BCUT2D eigenvalue weighted by atomic mass is 16.5. The van der Waals surface area contributed by atoms with Crippen LogP contribution in [0.2, 0.25) is 0 Å². The lowest BCUT2D eigenvalue weighted by Gasteiger charge is -2.33. The number of pyridine rings is 2. The first kappa shape index (κ1) is 27.3. The zero-order valence-corrected chi connectivity index (χ0v) is 23.4. The van der Waals surface area contributed by atoms with Gasteiger partial charge in [0, 0.05) is 38.9 Å². The minimum Gasteiger partial charge on any atom is -0.480 e. The van der Waals surface area contributed by atoms with E-state index in [0.29, 0.717) is 40.8 Å². The maximum atomic E-state index is 12.8. The summed E-state index contributed by atoms with van der Waals surface area (Å²) in [6.07, 6.45) is 7.48. The van der Waals surface area contributed by atoms with Crippen molar-refractivity contribution in [3.05, 3.63) is 70.4 Å². The molecule has 0 spiro atoms. The second-order valence-corrected chi connectivity index (χ2v) is 10.4. The van der Waals surface area contributed by atoms with E-state index in [4.69, 9.17) is 9.72 Å². The summed E-state index contributed by atoms with van der Waals surface area (Å²) >= 11 is 0. The quantitative estimate of drug-likeness (QED) is 0.343. The van der Waals surface area contributed by atoms with Gasteiger partial charge < -0.3 is 24.8 Å². The van der Waals surface area contributed by atoms with Gasteiger partial charge in [0.1, 0.15) is 11.5 Å². The second kappa shape index (κ2) is 11.8. The molecule has 208 valence electrons. The lowest BCUT2D eigenvalue weighted by molar-refractivity contribution is -0.129. The Hall–Kier alpha value is -4.31. The van der Waals surface area contributed by atoms with Crippen LogP contribution in [0, 0.1) is 6.92 Å². The molecule has 1 fully saturated rings. The predicted octanol–water partition coefficient (Wildman–Crippen LogP) is 4.10. The Labute approximate surface area is 233 Å². The number of benzene rings is 1. The zero-order valence-electron chi connectivity index (χ0n) is 23.4. The summed E-state index contributed by atoms with van der Waals surface area (Å²) in [6.45, 7) is 4.92. The van der Waals surface area contributed by atoms with Crippen LogP contribution in [0.3, 0.4) is 0 Å². The maximum Gasteiger partial charge on any atom is 0.259 e. The molecule has 1 saturated heterocycles. The topological polar surface area (TPSA) is 116 Å². The number of ether oxygens (including phenoxy) is 1. The Bertz CT molecular complexity index is 1580. The molecular weight excluding hydrogens is 506 g/mol. The van der Waals surface area contributed by atoms with Crippen molar-refractivity contribution in [1.82, 2.24) is 29.7 Å². The van der Waals surface area contributed by atoms with E-state index < -0.39 is 0 Å². The van der Waals surface area contributed by atoms with Gasteiger partial charge in [-0.25, -0.2) is 9.97 Å². The number of nitrogens with one attached hydrogen (secondary N) is 2. The summed E-state index contributed by atoms with van der Waals surface area (Å²) in [5.74, 6) is 1.49. The first-order valence-corrected chi connectivity index (χ1v) is 13.5. The Balaban J connectivity index is 1.35. The van der Waals surface area contributed by atoms with Crippen molar-refractivity contribution >= 4 is 28.2 Å². The van der Waals surface area contributed by atoms with Crippen LogP contribution in [-0.4, -0.2) is 76.5 Å². The number of H-pyrrole nitrogens is 1. The Morgan fingerprint density at radius 1 is 1.12 bits per heavy atom. The fourth-order valence-electron chi connectivity index (χ4n) is 5.30. The van der Waals surface area contributed by atoms with Crippen molar-refractivity contribution in [3.63, 3.8) is 0 Å². The van der Waals surface area contributed by atoms with Crippen molar-refractivity contribution in [2.75, 3.05) is 46.2 Å². The molecule has 10 nitrogen and oxygen atoms in total. The Morgan fingerprint density at radius 2 is 1.93 bits per heavy atom. The number of piperidine rings is 1. The number of fused-ring (bicyclic) bond motifs is 1. The van der Waals surface area contributed by atoms with E-state index in [0.717, 1.165) is 43.5 Å². The van der Waals surface area contributed by atoms with Gasteiger partial charge in [-0.2, -0.15) is 0 Å². The van der Waals surface area contributed by atoms with Crippen LogP contribution in [-0.2, 0) is 4.79 Å². The minimum atomic E-state index is -0.219. The average molecular weight is 542 g/mol. The van der Waals surface area contributed by atoms with Crippen LogP contribution in [0.25, 0.3) is 22.2 Å². The van der Waals surface area contributed by atoms with Gasteiger partial charge in [0.05, 0.1) is 30.6 Å². The number of likely N-dealkylation sites (tertiary alicyclic amines) is 1. The van der Waals surface area contributed by atoms with Crippen LogP contribution in [0.15, 0.2) is 53.7 Å². The molecule has 0 radical (unpaired) electrons. The number of nitrogens with zero attached hydrogens (tertiary/aromatic N) is 5. The third kappa shape index (κ3) is 5.96. The largest absolute Gasteiger partial charge is 0.480 e. The molecule has 40 heavy (non-hydrogen) atoms. The molecule has 0 saturated carbocycles. The van der Waals surface area contributed by atoms with E-state index in [1.165, 1.54) is 24.4 Å². The fraction of sp³-hybridized carbons (Fsp3) is 0.367. The third-order valence-electron chi connectivity index (χ3n) is 7.54. The maximum absolute atomic E-state index is 12.8. The number of methoxy groups -OCH3 is 1. The Morgan fingerprint density at radius 3 is 2.65 bits per heavy atom. The molecule has 1 aliphatic heterocycles. The summed E-state index contributed by atoms with van der Waals surface area (Å²) < 4.78 is 5.23. The van der Waals surface area contributed by atoms with Gasteiger partial charge in [0.2, 0.25) is 11.8 Å². The highest BCUT2D eigenvalue weighted by Gasteiger charge is 2.23. The molecule has 0 bridgehead atoms. The van der Waals surface area contributed by atoms with Gasteiger partial charge in [-0.3, -0.25) is 14.6 Å². The Kier molecular flexibility index (Phi) is 8.06.